The van der Waals surface area contributed by atoms with E-state index in [2.05, 4.69) is 9.88 Å². The van der Waals surface area contributed by atoms with Crippen molar-refractivity contribution in [2.24, 2.45) is 5.73 Å². The highest BCUT2D eigenvalue weighted by Gasteiger charge is 2.40. The van der Waals surface area contributed by atoms with E-state index in [9.17, 15) is 4.79 Å². The maximum absolute atomic E-state index is 12.4. The van der Waals surface area contributed by atoms with Crippen molar-refractivity contribution in [2.75, 3.05) is 6.61 Å². The standard InChI is InChI=1S/C15H23N3O2/c1-2-20-13-9-11(16)14(13)17-15(19)12-7-4-8-18(12)10-5-3-6-10/h4,7-8,10-11,13-14H,2-3,5-6,9,16H2,1H3,(H,17,19). The average molecular weight is 277 g/mol. The highest BCUT2D eigenvalue weighted by atomic mass is 16.5. The summed E-state index contributed by atoms with van der Waals surface area (Å²) in [6.07, 6.45) is 6.47. The van der Waals surface area contributed by atoms with Crippen LogP contribution >= 0.6 is 0 Å². The Morgan fingerprint density at radius 3 is 2.95 bits per heavy atom. The zero-order chi connectivity index (χ0) is 14.1. The van der Waals surface area contributed by atoms with E-state index in [0.29, 0.717) is 12.6 Å². The van der Waals surface area contributed by atoms with Gasteiger partial charge < -0.3 is 20.4 Å². The minimum Gasteiger partial charge on any atom is -0.376 e. The lowest BCUT2D eigenvalue weighted by molar-refractivity contribution is -0.0301. The molecule has 0 radical (unpaired) electrons. The number of carbonyl (C=O) groups excluding carboxylic acids is 1. The van der Waals surface area contributed by atoms with Gasteiger partial charge in [-0.1, -0.05) is 0 Å². The third-order valence-corrected chi connectivity index (χ3v) is 4.52. The summed E-state index contributed by atoms with van der Waals surface area (Å²) in [5, 5.41) is 3.04. The fraction of sp³-hybridized carbons (Fsp3) is 0.667. The van der Waals surface area contributed by atoms with Crippen molar-refractivity contribution in [3.63, 3.8) is 0 Å². The Bertz CT molecular complexity index is 479. The first-order chi connectivity index (χ1) is 9.70. The van der Waals surface area contributed by atoms with Gasteiger partial charge in [-0.05, 0) is 44.7 Å². The van der Waals surface area contributed by atoms with Gasteiger partial charge in [0.15, 0.2) is 0 Å². The third-order valence-electron chi connectivity index (χ3n) is 4.52. The quantitative estimate of drug-likeness (QED) is 0.856. The monoisotopic (exact) mass is 277 g/mol. The Morgan fingerprint density at radius 1 is 1.55 bits per heavy atom. The minimum atomic E-state index is -0.0628. The van der Waals surface area contributed by atoms with Crippen LogP contribution in [0.1, 0.15) is 49.1 Å². The van der Waals surface area contributed by atoms with Crippen LogP contribution < -0.4 is 11.1 Å². The SMILES string of the molecule is CCOC1CC(N)C1NC(=O)c1cccn1C1CCC1. The molecule has 0 aromatic carbocycles. The highest BCUT2D eigenvalue weighted by molar-refractivity contribution is 5.93. The predicted octanol–water partition coefficient (Wildman–Crippen LogP) is 1.45. The van der Waals surface area contributed by atoms with E-state index >= 15 is 0 Å². The number of hydrogen-bond donors (Lipinski definition) is 2. The molecular weight excluding hydrogens is 254 g/mol. The van der Waals surface area contributed by atoms with Gasteiger partial charge in [-0.15, -0.1) is 0 Å². The van der Waals surface area contributed by atoms with Crippen LogP contribution in [0, 0.1) is 0 Å². The number of nitrogens with two attached hydrogens (primary N) is 1. The van der Waals surface area contributed by atoms with Gasteiger partial charge in [0, 0.05) is 24.9 Å². The molecule has 3 atom stereocenters. The van der Waals surface area contributed by atoms with Crippen LogP contribution in [0.2, 0.25) is 0 Å². The number of ether oxygens (including phenoxy) is 1. The molecule has 2 aliphatic rings. The van der Waals surface area contributed by atoms with Crippen molar-refractivity contribution in [1.82, 2.24) is 9.88 Å². The summed E-state index contributed by atoms with van der Waals surface area (Å²) < 4.78 is 7.68. The molecule has 3 N–H and O–H groups in total. The molecule has 1 heterocycles. The molecule has 1 amide bonds. The van der Waals surface area contributed by atoms with E-state index in [-0.39, 0.29) is 24.1 Å². The molecule has 2 fully saturated rings. The Morgan fingerprint density at radius 2 is 2.35 bits per heavy atom. The van der Waals surface area contributed by atoms with Gasteiger partial charge in [-0.25, -0.2) is 0 Å². The molecule has 3 rings (SSSR count). The van der Waals surface area contributed by atoms with Gasteiger partial charge in [0.1, 0.15) is 5.69 Å². The highest BCUT2D eigenvalue weighted by Crippen LogP contribution is 2.33. The van der Waals surface area contributed by atoms with Gasteiger partial charge in [0.05, 0.1) is 12.1 Å². The predicted molar refractivity (Wildman–Crippen MR) is 76.6 cm³/mol. The summed E-state index contributed by atoms with van der Waals surface area (Å²) >= 11 is 0. The average Bonchev–Trinajstić information content (AvgIpc) is 2.82. The number of nitrogens with one attached hydrogen (secondary N) is 1. The number of aromatic nitrogens is 1. The summed E-state index contributed by atoms with van der Waals surface area (Å²) in [5.41, 5.74) is 6.72. The van der Waals surface area contributed by atoms with E-state index in [1.807, 2.05) is 25.3 Å². The molecule has 2 saturated carbocycles. The van der Waals surface area contributed by atoms with E-state index in [0.717, 1.165) is 12.1 Å². The van der Waals surface area contributed by atoms with Gasteiger partial charge in [-0.3, -0.25) is 4.79 Å². The molecule has 0 spiro atoms. The van der Waals surface area contributed by atoms with Crippen molar-refractivity contribution in [3.05, 3.63) is 24.0 Å². The Balaban J connectivity index is 1.65. The van der Waals surface area contributed by atoms with E-state index < -0.39 is 0 Å². The van der Waals surface area contributed by atoms with Crippen molar-refractivity contribution in [1.29, 1.82) is 0 Å². The first-order valence-corrected chi connectivity index (χ1v) is 7.55. The molecule has 5 heteroatoms. The summed E-state index contributed by atoms with van der Waals surface area (Å²) in [6.45, 7) is 2.62. The summed E-state index contributed by atoms with van der Waals surface area (Å²) in [5.74, 6) is -0.0354. The van der Waals surface area contributed by atoms with Crippen molar-refractivity contribution in [2.45, 2.75) is 56.8 Å². The normalized spacial score (nSPS) is 29.6. The Hall–Kier alpha value is -1.33. The molecule has 20 heavy (non-hydrogen) atoms. The molecule has 1 aromatic rings. The topological polar surface area (TPSA) is 69.3 Å². The van der Waals surface area contributed by atoms with Crippen LogP contribution in [0.3, 0.4) is 0 Å². The maximum atomic E-state index is 12.4. The molecule has 0 saturated heterocycles. The fourth-order valence-electron chi connectivity index (χ4n) is 3.02. The first kappa shape index (κ1) is 13.6. The second-order valence-corrected chi connectivity index (χ2v) is 5.78. The fourth-order valence-corrected chi connectivity index (χ4v) is 3.02. The number of carbonyl (C=O) groups is 1. The molecule has 3 unspecified atom stereocenters. The molecule has 0 bridgehead atoms. The maximum Gasteiger partial charge on any atom is 0.268 e. The molecule has 0 aliphatic heterocycles. The van der Waals surface area contributed by atoms with Crippen LogP contribution in [0.25, 0.3) is 0 Å². The van der Waals surface area contributed by atoms with Crippen LogP contribution in [0.5, 0.6) is 0 Å². The second-order valence-electron chi connectivity index (χ2n) is 5.78. The summed E-state index contributed by atoms with van der Waals surface area (Å²) in [7, 11) is 0. The van der Waals surface area contributed by atoms with Crippen molar-refractivity contribution < 1.29 is 9.53 Å². The minimum absolute atomic E-state index is 0.00242. The molecule has 110 valence electrons. The van der Waals surface area contributed by atoms with Crippen molar-refractivity contribution >= 4 is 5.91 Å². The third kappa shape index (κ3) is 2.36. The van der Waals surface area contributed by atoms with Gasteiger partial charge in [0.25, 0.3) is 5.91 Å². The number of amides is 1. The lowest BCUT2D eigenvalue weighted by Crippen LogP contribution is -2.64. The Kier molecular flexibility index (Phi) is 3.81. The van der Waals surface area contributed by atoms with Crippen LogP contribution in [0.15, 0.2) is 18.3 Å². The first-order valence-electron chi connectivity index (χ1n) is 7.55. The van der Waals surface area contributed by atoms with Gasteiger partial charge >= 0.3 is 0 Å². The zero-order valence-corrected chi connectivity index (χ0v) is 11.9. The van der Waals surface area contributed by atoms with Crippen LogP contribution in [-0.4, -0.2) is 35.3 Å². The smallest absolute Gasteiger partial charge is 0.268 e. The van der Waals surface area contributed by atoms with E-state index in [4.69, 9.17) is 10.5 Å². The molecule has 2 aliphatic carbocycles. The van der Waals surface area contributed by atoms with Crippen LogP contribution in [-0.2, 0) is 4.74 Å². The van der Waals surface area contributed by atoms with Crippen LogP contribution in [0.4, 0.5) is 0 Å². The van der Waals surface area contributed by atoms with E-state index in [1.165, 1.54) is 19.3 Å². The van der Waals surface area contributed by atoms with Crippen molar-refractivity contribution in [3.8, 4) is 0 Å². The van der Waals surface area contributed by atoms with Gasteiger partial charge in [-0.2, -0.15) is 0 Å². The number of rotatable bonds is 5. The molecule has 1 aromatic heterocycles. The van der Waals surface area contributed by atoms with E-state index in [1.54, 1.807) is 0 Å². The molecule has 5 nitrogen and oxygen atoms in total. The lowest BCUT2D eigenvalue weighted by Gasteiger charge is -2.42. The second kappa shape index (κ2) is 5.58. The number of nitrogens with zero attached hydrogens (tertiary/aromatic N) is 1. The molecular formula is C15H23N3O2. The largest absolute Gasteiger partial charge is 0.376 e. The zero-order valence-electron chi connectivity index (χ0n) is 11.9. The summed E-state index contributed by atoms with van der Waals surface area (Å²) in [6, 6.07) is 4.25. The Labute approximate surface area is 119 Å². The number of hydrogen-bond acceptors (Lipinski definition) is 3. The summed E-state index contributed by atoms with van der Waals surface area (Å²) in [4.78, 5) is 12.4. The van der Waals surface area contributed by atoms with Gasteiger partial charge in [0.2, 0.25) is 0 Å². The lowest BCUT2D eigenvalue weighted by atomic mass is 9.83.